The van der Waals surface area contributed by atoms with Gasteiger partial charge in [-0.3, -0.25) is 0 Å². The van der Waals surface area contributed by atoms with Crippen LogP contribution in [0.2, 0.25) is 0 Å². The van der Waals surface area contributed by atoms with Gasteiger partial charge in [0.1, 0.15) is 6.79 Å². The molecule has 1 fully saturated rings. The van der Waals surface area contributed by atoms with Gasteiger partial charge in [0.2, 0.25) is 0 Å². The highest BCUT2D eigenvalue weighted by Crippen LogP contribution is 2.26. The Morgan fingerprint density at radius 1 is 1.42 bits per heavy atom. The van der Waals surface area contributed by atoms with E-state index in [2.05, 4.69) is 20.8 Å². The van der Waals surface area contributed by atoms with Crippen LogP contribution in [0.3, 0.4) is 0 Å². The molecule has 0 aromatic rings. The molecule has 0 saturated carbocycles. The van der Waals surface area contributed by atoms with Crippen molar-refractivity contribution >= 4 is 0 Å². The third-order valence-electron chi connectivity index (χ3n) is 2.93. The Morgan fingerprint density at radius 2 is 2.17 bits per heavy atom. The number of hydrogen-bond donors (Lipinski definition) is 0. The van der Waals surface area contributed by atoms with E-state index in [9.17, 15) is 0 Å². The Kier molecular flexibility index (Phi) is 4.02. The first-order valence-corrected chi connectivity index (χ1v) is 4.98. The van der Waals surface area contributed by atoms with Gasteiger partial charge in [-0.25, -0.2) is 0 Å². The molecule has 1 aliphatic rings. The van der Waals surface area contributed by atoms with Crippen LogP contribution in [0.25, 0.3) is 0 Å². The van der Waals surface area contributed by atoms with Gasteiger partial charge in [-0.1, -0.05) is 27.2 Å². The Morgan fingerprint density at radius 3 is 2.75 bits per heavy atom. The number of rotatable bonds is 3. The van der Waals surface area contributed by atoms with E-state index in [1.54, 1.807) is 0 Å². The lowest BCUT2D eigenvalue weighted by atomic mass is 9.86. The summed E-state index contributed by atoms with van der Waals surface area (Å²) in [6, 6.07) is 0. The SMILES string of the molecule is CC[C@@H]1OCOC[C@@H]1[C@@H](C)CC. The second-order valence-corrected chi connectivity index (χ2v) is 3.65. The molecule has 0 unspecified atom stereocenters. The standard InChI is InChI=1S/C10H20O2/c1-4-8(3)9-6-11-7-12-10(9)5-2/h8-10H,4-7H2,1-3H3/t8-,9+,10-/m0/s1. The molecule has 0 aliphatic carbocycles. The van der Waals surface area contributed by atoms with Crippen LogP contribution in [-0.4, -0.2) is 19.5 Å². The molecular formula is C10H20O2. The van der Waals surface area contributed by atoms with Crippen molar-refractivity contribution in [3.8, 4) is 0 Å². The third-order valence-corrected chi connectivity index (χ3v) is 2.93. The predicted molar refractivity (Wildman–Crippen MR) is 48.9 cm³/mol. The summed E-state index contributed by atoms with van der Waals surface area (Å²) in [7, 11) is 0. The zero-order valence-corrected chi connectivity index (χ0v) is 8.38. The average molecular weight is 172 g/mol. The molecule has 0 bridgehead atoms. The minimum absolute atomic E-state index is 0.425. The van der Waals surface area contributed by atoms with E-state index in [0.717, 1.165) is 18.9 Å². The van der Waals surface area contributed by atoms with E-state index in [-0.39, 0.29) is 0 Å². The first-order valence-electron chi connectivity index (χ1n) is 4.98. The summed E-state index contributed by atoms with van der Waals surface area (Å²) >= 11 is 0. The van der Waals surface area contributed by atoms with Crippen molar-refractivity contribution in [1.82, 2.24) is 0 Å². The van der Waals surface area contributed by atoms with Crippen molar-refractivity contribution < 1.29 is 9.47 Å². The molecule has 2 nitrogen and oxygen atoms in total. The van der Waals surface area contributed by atoms with Gasteiger partial charge in [0.15, 0.2) is 0 Å². The normalized spacial score (nSPS) is 33.2. The molecule has 0 aromatic heterocycles. The Labute approximate surface area is 75.2 Å². The van der Waals surface area contributed by atoms with Gasteiger partial charge >= 0.3 is 0 Å². The summed E-state index contributed by atoms with van der Waals surface area (Å²) < 4.78 is 10.9. The fourth-order valence-electron chi connectivity index (χ4n) is 1.80. The van der Waals surface area contributed by atoms with Gasteiger partial charge in [0.05, 0.1) is 12.7 Å². The summed E-state index contributed by atoms with van der Waals surface area (Å²) in [6.07, 6.45) is 2.75. The summed E-state index contributed by atoms with van der Waals surface area (Å²) in [5.74, 6) is 1.32. The minimum Gasteiger partial charge on any atom is -0.355 e. The number of ether oxygens (including phenoxy) is 2. The first-order chi connectivity index (χ1) is 5.79. The van der Waals surface area contributed by atoms with E-state index in [1.165, 1.54) is 6.42 Å². The lowest BCUT2D eigenvalue weighted by molar-refractivity contribution is -0.180. The van der Waals surface area contributed by atoms with Crippen LogP contribution in [0, 0.1) is 11.8 Å². The van der Waals surface area contributed by atoms with Crippen molar-refractivity contribution in [2.75, 3.05) is 13.4 Å². The molecule has 1 rings (SSSR count). The summed E-state index contributed by atoms with van der Waals surface area (Å²) in [6.45, 7) is 8.07. The maximum Gasteiger partial charge on any atom is 0.147 e. The Balaban J connectivity index is 2.46. The fraction of sp³-hybridized carbons (Fsp3) is 1.00. The molecule has 0 radical (unpaired) electrons. The first kappa shape index (κ1) is 10.0. The second kappa shape index (κ2) is 4.83. The Hall–Kier alpha value is -0.0800. The minimum atomic E-state index is 0.425. The highest BCUT2D eigenvalue weighted by molar-refractivity contribution is 4.75. The lowest BCUT2D eigenvalue weighted by Gasteiger charge is -2.34. The van der Waals surface area contributed by atoms with Crippen LogP contribution in [0.5, 0.6) is 0 Å². The molecule has 3 atom stereocenters. The van der Waals surface area contributed by atoms with Gasteiger partial charge in [-0.05, 0) is 12.3 Å². The molecule has 12 heavy (non-hydrogen) atoms. The van der Waals surface area contributed by atoms with Gasteiger partial charge in [-0.2, -0.15) is 0 Å². The van der Waals surface area contributed by atoms with Crippen molar-refractivity contribution in [2.24, 2.45) is 11.8 Å². The van der Waals surface area contributed by atoms with Crippen molar-refractivity contribution in [3.63, 3.8) is 0 Å². The van der Waals surface area contributed by atoms with Gasteiger partial charge in [-0.15, -0.1) is 0 Å². The molecule has 0 amide bonds. The monoisotopic (exact) mass is 172 g/mol. The van der Waals surface area contributed by atoms with E-state index >= 15 is 0 Å². The molecule has 0 spiro atoms. The predicted octanol–water partition coefficient (Wildman–Crippen LogP) is 2.43. The zero-order chi connectivity index (χ0) is 8.97. The maximum atomic E-state index is 5.54. The van der Waals surface area contributed by atoms with Gasteiger partial charge in [0.25, 0.3) is 0 Å². The summed E-state index contributed by atoms with van der Waals surface area (Å²) in [4.78, 5) is 0. The lowest BCUT2D eigenvalue weighted by Crippen LogP contribution is -2.37. The summed E-state index contributed by atoms with van der Waals surface area (Å²) in [5, 5.41) is 0. The summed E-state index contributed by atoms with van der Waals surface area (Å²) in [5.41, 5.74) is 0. The van der Waals surface area contributed by atoms with Gasteiger partial charge < -0.3 is 9.47 Å². The van der Waals surface area contributed by atoms with Crippen LogP contribution >= 0.6 is 0 Å². The largest absolute Gasteiger partial charge is 0.355 e. The van der Waals surface area contributed by atoms with Crippen LogP contribution in [-0.2, 0) is 9.47 Å². The van der Waals surface area contributed by atoms with E-state index < -0.39 is 0 Å². The maximum absolute atomic E-state index is 5.54. The van der Waals surface area contributed by atoms with Crippen molar-refractivity contribution in [3.05, 3.63) is 0 Å². The molecule has 0 N–H and O–H groups in total. The number of hydrogen-bond acceptors (Lipinski definition) is 2. The van der Waals surface area contributed by atoms with Crippen LogP contribution in [0.4, 0.5) is 0 Å². The van der Waals surface area contributed by atoms with Crippen molar-refractivity contribution in [1.29, 1.82) is 0 Å². The van der Waals surface area contributed by atoms with E-state index in [4.69, 9.17) is 9.47 Å². The topological polar surface area (TPSA) is 18.5 Å². The average Bonchev–Trinajstić information content (AvgIpc) is 2.16. The van der Waals surface area contributed by atoms with Crippen molar-refractivity contribution in [2.45, 2.75) is 39.7 Å². The quantitative estimate of drug-likeness (QED) is 0.651. The molecular weight excluding hydrogens is 152 g/mol. The van der Waals surface area contributed by atoms with Gasteiger partial charge in [0, 0.05) is 5.92 Å². The third kappa shape index (κ3) is 2.20. The Bertz CT molecular complexity index is 125. The molecule has 0 aromatic carbocycles. The zero-order valence-electron chi connectivity index (χ0n) is 8.38. The molecule has 2 heteroatoms. The molecule has 1 aliphatic heterocycles. The van der Waals surface area contributed by atoms with Crippen LogP contribution < -0.4 is 0 Å². The van der Waals surface area contributed by atoms with E-state index in [1.807, 2.05) is 0 Å². The van der Waals surface area contributed by atoms with Crippen LogP contribution in [0.1, 0.15) is 33.6 Å². The van der Waals surface area contributed by atoms with E-state index in [0.29, 0.717) is 18.8 Å². The van der Waals surface area contributed by atoms with Crippen LogP contribution in [0.15, 0.2) is 0 Å². The molecule has 1 saturated heterocycles. The fourth-order valence-corrected chi connectivity index (χ4v) is 1.80. The molecule has 72 valence electrons. The highest BCUT2D eigenvalue weighted by atomic mass is 16.7. The second-order valence-electron chi connectivity index (χ2n) is 3.65. The highest BCUT2D eigenvalue weighted by Gasteiger charge is 2.28. The molecule has 1 heterocycles. The smallest absolute Gasteiger partial charge is 0.147 e.